The summed E-state index contributed by atoms with van der Waals surface area (Å²) in [5, 5.41) is 12.4. The molecule has 0 spiro atoms. The van der Waals surface area contributed by atoms with E-state index < -0.39 is 11.6 Å². The first-order valence-electron chi connectivity index (χ1n) is 5.07. The first-order valence-corrected chi connectivity index (χ1v) is 6.24. The zero-order valence-electron chi connectivity index (χ0n) is 8.87. The van der Waals surface area contributed by atoms with Crippen molar-refractivity contribution in [3.63, 3.8) is 0 Å². The molecule has 0 amide bonds. The van der Waals surface area contributed by atoms with Crippen LogP contribution in [0.5, 0.6) is 5.75 Å². The molecule has 17 heavy (non-hydrogen) atoms. The Bertz CT molecular complexity index is 448. The molecule has 1 aromatic carbocycles. The van der Waals surface area contributed by atoms with Crippen LogP contribution in [0.1, 0.15) is 6.42 Å². The van der Waals surface area contributed by atoms with Crippen molar-refractivity contribution >= 4 is 33.5 Å². The predicted octanol–water partition coefficient (Wildman–Crippen LogP) is 2.30. The lowest BCUT2D eigenvalue weighted by Gasteiger charge is -2.41. The number of benzene rings is 1. The van der Waals surface area contributed by atoms with E-state index in [0.29, 0.717) is 23.9 Å². The van der Waals surface area contributed by atoms with Crippen molar-refractivity contribution in [3.05, 3.63) is 27.7 Å². The Morgan fingerprint density at radius 2 is 2.29 bits per heavy atom. The van der Waals surface area contributed by atoms with E-state index in [1.54, 1.807) is 18.2 Å². The summed E-state index contributed by atoms with van der Waals surface area (Å²) < 4.78 is 6.60. The highest BCUT2D eigenvalue weighted by Crippen LogP contribution is 2.33. The van der Waals surface area contributed by atoms with Gasteiger partial charge in [0.1, 0.15) is 11.4 Å². The number of carboxylic acid groups (broad SMARTS) is 1. The molecular weight excluding hydrogens is 309 g/mol. The zero-order valence-corrected chi connectivity index (χ0v) is 11.2. The van der Waals surface area contributed by atoms with Crippen LogP contribution in [0.4, 0.5) is 0 Å². The van der Waals surface area contributed by atoms with E-state index in [9.17, 15) is 4.79 Å². The van der Waals surface area contributed by atoms with Crippen molar-refractivity contribution in [2.45, 2.75) is 12.0 Å². The first-order chi connectivity index (χ1) is 8.01. The predicted molar refractivity (Wildman–Crippen MR) is 67.6 cm³/mol. The zero-order chi connectivity index (χ0) is 12.5. The lowest BCUT2D eigenvalue weighted by atomic mass is 9.92. The normalized spacial score (nSPS) is 17.3. The fourth-order valence-corrected chi connectivity index (χ4v) is 2.20. The highest BCUT2D eigenvalue weighted by molar-refractivity contribution is 9.10. The van der Waals surface area contributed by atoms with Crippen molar-refractivity contribution in [2.24, 2.45) is 0 Å². The Balaban J connectivity index is 2.18. The van der Waals surface area contributed by atoms with E-state index in [2.05, 4.69) is 21.2 Å². The quantitative estimate of drug-likeness (QED) is 0.894. The van der Waals surface area contributed by atoms with Gasteiger partial charge < -0.3 is 15.2 Å². The molecule has 0 aliphatic carbocycles. The molecule has 1 aromatic rings. The van der Waals surface area contributed by atoms with Crippen LogP contribution in [-0.4, -0.2) is 29.8 Å². The maximum Gasteiger partial charge on any atom is 0.307 e. The smallest absolute Gasteiger partial charge is 0.307 e. The van der Waals surface area contributed by atoms with Gasteiger partial charge in [0, 0.05) is 17.6 Å². The van der Waals surface area contributed by atoms with Crippen molar-refractivity contribution in [1.82, 2.24) is 5.32 Å². The second-order valence-electron chi connectivity index (χ2n) is 4.03. The highest BCUT2D eigenvalue weighted by Gasteiger charge is 2.42. The molecule has 6 heteroatoms. The summed E-state index contributed by atoms with van der Waals surface area (Å²) in [6.45, 7) is 1.03. The van der Waals surface area contributed by atoms with Crippen LogP contribution < -0.4 is 10.1 Å². The third-order valence-electron chi connectivity index (χ3n) is 2.59. The van der Waals surface area contributed by atoms with Crippen LogP contribution in [0.2, 0.25) is 5.02 Å². The second-order valence-corrected chi connectivity index (χ2v) is 5.36. The number of carboxylic acids is 1. The van der Waals surface area contributed by atoms with Crippen LogP contribution in [0, 0.1) is 0 Å². The molecule has 0 saturated carbocycles. The number of halogens is 2. The number of aliphatic carboxylic acids is 1. The average molecular weight is 321 g/mol. The number of rotatable bonds is 4. The highest BCUT2D eigenvalue weighted by atomic mass is 79.9. The number of nitrogens with one attached hydrogen (secondary N) is 1. The number of carbonyl (C=O) groups is 1. The van der Waals surface area contributed by atoms with Gasteiger partial charge in [0.2, 0.25) is 0 Å². The Morgan fingerprint density at radius 3 is 2.82 bits per heavy atom. The largest absolute Gasteiger partial charge is 0.482 e. The molecule has 0 aromatic heterocycles. The maximum atomic E-state index is 10.8. The molecule has 1 fully saturated rings. The summed E-state index contributed by atoms with van der Waals surface area (Å²) in [4.78, 5) is 10.8. The summed E-state index contributed by atoms with van der Waals surface area (Å²) >= 11 is 9.33. The summed E-state index contributed by atoms with van der Waals surface area (Å²) in [5.74, 6) is -0.374. The molecule has 1 heterocycles. The summed E-state index contributed by atoms with van der Waals surface area (Å²) in [5.41, 5.74) is -0.684. The summed E-state index contributed by atoms with van der Waals surface area (Å²) in [6.07, 6.45) is -0.0388. The fraction of sp³-hybridized carbons (Fsp3) is 0.364. The minimum atomic E-state index is -0.877. The standard InChI is InChI=1S/C11H11BrClNO3/c12-7-1-2-8(13)9(3-7)17-11(4-10(15)16)5-14-6-11/h1-3,14H,4-6H2,(H,15,16). The minimum Gasteiger partial charge on any atom is -0.482 e. The van der Waals surface area contributed by atoms with Crippen LogP contribution in [0.3, 0.4) is 0 Å². The molecule has 0 unspecified atom stereocenters. The SMILES string of the molecule is O=C(O)CC1(Oc2cc(Br)ccc2Cl)CNC1. The average Bonchev–Trinajstić information content (AvgIpc) is 2.19. The van der Waals surface area contributed by atoms with Crippen LogP contribution in [0.25, 0.3) is 0 Å². The van der Waals surface area contributed by atoms with Gasteiger partial charge in [-0.05, 0) is 18.2 Å². The van der Waals surface area contributed by atoms with Crippen molar-refractivity contribution < 1.29 is 14.6 Å². The third-order valence-corrected chi connectivity index (χ3v) is 3.39. The Morgan fingerprint density at radius 1 is 1.59 bits per heavy atom. The van der Waals surface area contributed by atoms with Gasteiger partial charge in [-0.3, -0.25) is 4.79 Å². The molecule has 92 valence electrons. The van der Waals surface area contributed by atoms with Gasteiger partial charge in [0.05, 0.1) is 11.4 Å². The first kappa shape index (κ1) is 12.7. The Kier molecular flexibility index (Phi) is 3.61. The van der Waals surface area contributed by atoms with Gasteiger partial charge in [-0.25, -0.2) is 0 Å². The molecule has 0 bridgehead atoms. The molecule has 0 radical (unpaired) electrons. The van der Waals surface area contributed by atoms with E-state index in [1.165, 1.54) is 0 Å². The van der Waals surface area contributed by atoms with Gasteiger partial charge in [-0.1, -0.05) is 27.5 Å². The Labute approximate surface area is 112 Å². The van der Waals surface area contributed by atoms with Crippen LogP contribution in [0.15, 0.2) is 22.7 Å². The second kappa shape index (κ2) is 4.84. The van der Waals surface area contributed by atoms with Crippen molar-refractivity contribution in [1.29, 1.82) is 0 Å². The van der Waals surface area contributed by atoms with E-state index >= 15 is 0 Å². The monoisotopic (exact) mass is 319 g/mol. The van der Waals surface area contributed by atoms with E-state index in [-0.39, 0.29) is 6.42 Å². The number of hydrogen-bond acceptors (Lipinski definition) is 3. The molecule has 1 saturated heterocycles. The fourth-order valence-electron chi connectivity index (χ4n) is 1.70. The molecule has 2 N–H and O–H groups in total. The molecule has 2 rings (SSSR count). The van der Waals surface area contributed by atoms with Crippen LogP contribution >= 0.6 is 27.5 Å². The van der Waals surface area contributed by atoms with E-state index in [0.717, 1.165) is 4.47 Å². The minimum absolute atomic E-state index is 0.0388. The third kappa shape index (κ3) is 2.91. The van der Waals surface area contributed by atoms with Crippen LogP contribution in [-0.2, 0) is 4.79 Å². The van der Waals surface area contributed by atoms with E-state index in [1.807, 2.05) is 0 Å². The van der Waals surface area contributed by atoms with Gasteiger partial charge in [0.15, 0.2) is 0 Å². The van der Waals surface area contributed by atoms with Gasteiger partial charge in [-0.15, -0.1) is 0 Å². The van der Waals surface area contributed by atoms with E-state index in [4.69, 9.17) is 21.4 Å². The van der Waals surface area contributed by atoms with Gasteiger partial charge in [-0.2, -0.15) is 0 Å². The summed E-state index contributed by atoms with van der Waals surface area (Å²) in [7, 11) is 0. The Hall–Kier alpha value is -0.780. The molecule has 4 nitrogen and oxygen atoms in total. The lowest BCUT2D eigenvalue weighted by molar-refractivity contribution is -0.143. The topological polar surface area (TPSA) is 58.6 Å². The number of ether oxygens (including phenoxy) is 1. The summed E-state index contributed by atoms with van der Waals surface area (Å²) in [6, 6.07) is 5.25. The van der Waals surface area contributed by atoms with Gasteiger partial charge >= 0.3 is 5.97 Å². The molecule has 1 aliphatic rings. The lowest BCUT2D eigenvalue weighted by Crippen LogP contribution is -2.64. The maximum absolute atomic E-state index is 10.8. The van der Waals surface area contributed by atoms with Crippen molar-refractivity contribution in [3.8, 4) is 5.75 Å². The molecule has 1 aliphatic heterocycles. The molecular formula is C11H11BrClNO3. The molecule has 0 atom stereocenters. The number of hydrogen-bond donors (Lipinski definition) is 2. The van der Waals surface area contributed by atoms with Crippen molar-refractivity contribution in [2.75, 3.05) is 13.1 Å². The van der Waals surface area contributed by atoms with Gasteiger partial charge in [0.25, 0.3) is 0 Å².